The molecule has 0 bridgehead atoms. The third kappa shape index (κ3) is 14.2. The minimum atomic E-state index is 0. The van der Waals surface area contributed by atoms with E-state index in [2.05, 4.69) is 25.7 Å². The predicted molar refractivity (Wildman–Crippen MR) is 142 cm³/mol. The van der Waals surface area contributed by atoms with Crippen molar-refractivity contribution in [2.45, 2.75) is 129 Å². The molecule has 2 aliphatic rings. The molecule has 0 aromatic rings. The highest BCUT2D eigenvalue weighted by molar-refractivity contribution is 5.00. The van der Waals surface area contributed by atoms with Gasteiger partial charge in [-0.2, -0.15) is 0 Å². The van der Waals surface area contributed by atoms with Crippen LogP contribution in [0.3, 0.4) is 0 Å². The van der Waals surface area contributed by atoms with Gasteiger partial charge in [-0.05, 0) is 76.0 Å². The lowest BCUT2D eigenvalue weighted by Crippen LogP contribution is -3.00. The topological polar surface area (TPSA) is 0 Å². The third-order valence-electron chi connectivity index (χ3n) is 8.46. The van der Waals surface area contributed by atoms with Gasteiger partial charge in [0.1, 0.15) is 13.1 Å². The lowest BCUT2D eigenvalue weighted by molar-refractivity contribution is -0.927. The minimum Gasteiger partial charge on any atom is -1.00 e. The molecule has 0 aromatic carbocycles. The van der Waals surface area contributed by atoms with E-state index in [1.54, 1.807) is 0 Å². The Labute approximate surface area is 235 Å². The normalized spacial score (nSPS) is 18.8. The average molecular weight is 607 g/mol. The maximum absolute atomic E-state index is 3.75. The summed E-state index contributed by atoms with van der Waals surface area (Å²) in [5.74, 6) is 7.51. The van der Waals surface area contributed by atoms with Gasteiger partial charge in [0.05, 0.1) is 39.3 Å². The van der Waals surface area contributed by atoms with Crippen LogP contribution in [-0.4, -0.2) is 61.3 Å². The summed E-state index contributed by atoms with van der Waals surface area (Å²) in [6, 6.07) is 0. The van der Waals surface area contributed by atoms with Gasteiger partial charge < -0.3 is 42.9 Å². The zero-order chi connectivity index (χ0) is 22.8. The van der Waals surface area contributed by atoms with Gasteiger partial charge in [-0.1, -0.05) is 65.2 Å². The van der Waals surface area contributed by atoms with E-state index in [4.69, 9.17) is 0 Å². The summed E-state index contributed by atoms with van der Waals surface area (Å²) in [5, 5.41) is 0. The fraction of sp³-hybridized carbons (Fsp3) is 0.933. The van der Waals surface area contributed by atoms with Gasteiger partial charge in [-0.15, -0.1) is 0 Å². The number of unbranched alkanes of at least 4 members (excludes halogenated alkanes) is 10. The van der Waals surface area contributed by atoms with Gasteiger partial charge in [0.15, 0.2) is 0 Å². The Kier molecular flexibility index (Phi) is 21.8. The van der Waals surface area contributed by atoms with Crippen LogP contribution >= 0.6 is 0 Å². The molecule has 2 aliphatic heterocycles. The average Bonchev–Trinajstić information content (AvgIpc) is 2.83. The van der Waals surface area contributed by atoms with E-state index in [-0.39, 0.29) is 34.0 Å². The monoisotopic (exact) mass is 604 g/mol. The van der Waals surface area contributed by atoms with E-state index in [0.717, 1.165) is 13.1 Å². The van der Waals surface area contributed by atoms with Crippen molar-refractivity contribution in [3.63, 3.8) is 0 Å². The number of rotatable bonds is 16. The first kappa shape index (κ1) is 34.4. The molecule has 2 saturated heterocycles. The Balaban J connectivity index is 0.00000544. The molecule has 34 heavy (non-hydrogen) atoms. The van der Waals surface area contributed by atoms with Crippen LogP contribution in [-0.2, 0) is 0 Å². The van der Waals surface area contributed by atoms with Gasteiger partial charge in [0, 0.05) is 0 Å². The van der Waals surface area contributed by atoms with E-state index in [0.29, 0.717) is 0 Å². The van der Waals surface area contributed by atoms with Crippen LogP contribution in [0.1, 0.15) is 129 Å². The highest BCUT2D eigenvalue weighted by atomic mass is 79.9. The van der Waals surface area contributed by atoms with Crippen LogP contribution in [0.15, 0.2) is 0 Å². The molecule has 0 aromatic heterocycles. The molecule has 0 saturated carbocycles. The molecule has 0 spiro atoms. The quantitative estimate of drug-likeness (QED) is 0.143. The molecular weight excluding hydrogens is 548 g/mol. The second-order valence-electron chi connectivity index (χ2n) is 11.4. The minimum absolute atomic E-state index is 0. The Morgan fingerprint density at radius 2 is 0.765 bits per heavy atom. The molecule has 0 N–H and O–H groups in total. The number of nitrogens with zero attached hydrogens (tertiary/aromatic N) is 2. The van der Waals surface area contributed by atoms with E-state index < -0.39 is 0 Å². The molecule has 0 atom stereocenters. The van der Waals surface area contributed by atoms with Crippen molar-refractivity contribution in [1.82, 2.24) is 0 Å². The van der Waals surface area contributed by atoms with Crippen molar-refractivity contribution in [2.75, 3.05) is 52.4 Å². The summed E-state index contributed by atoms with van der Waals surface area (Å²) in [6.45, 7) is 15.2. The van der Waals surface area contributed by atoms with Crippen molar-refractivity contribution >= 4 is 0 Å². The second-order valence-corrected chi connectivity index (χ2v) is 11.4. The molecule has 0 unspecified atom stereocenters. The first-order chi connectivity index (χ1) is 15.7. The second kappa shape index (κ2) is 21.5. The summed E-state index contributed by atoms with van der Waals surface area (Å²) in [4.78, 5) is 0. The van der Waals surface area contributed by atoms with E-state index in [1.165, 1.54) is 164 Å². The number of hydrogen-bond donors (Lipinski definition) is 0. The summed E-state index contributed by atoms with van der Waals surface area (Å²) in [7, 11) is 0. The van der Waals surface area contributed by atoms with Gasteiger partial charge >= 0.3 is 0 Å². The molecule has 0 amide bonds. The maximum atomic E-state index is 3.75. The standard InChI is InChI=1S/C30H58N2.2BrH/c1-3-5-7-9-11-15-23-31(25-17-13-18-26-31)29-21-22-30-32(27-19-14-20-28-32)24-16-12-10-8-6-4-2;;/h3-20,23-30H2,1-2H3;2*1H/q+2;;/p-2. The number of halogens is 2. The largest absolute Gasteiger partial charge is 1.00 e. The Morgan fingerprint density at radius 1 is 0.441 bits per heavy atom. The van der Waals surface area contributed by atoms with Crippen LogP contribution < -0.4 is 34.0 Å². The number of piperidine rings is 2. The fourth-order valence-corrected chi connectivity index (χ4v) is 6.19. The molecule has 2 nitrogen and oxygen atoms in total. The summed E-state index contributed by atoms with van der Waals surface area (Å²) in [5.41, 5.74) is 0. The van der Waals surface area contributed by atoms with Crippen molar-refractivity contribution in [3.8, 4) is 11.8 Å². The predicted octanol–water partition coefficient (Wildman–Crippen LogP) is 1.72. The summed E-state index contributed by atoms with van der Waals surface area (Å²) in [6.07, 6.45) is 25.6. The van der Waals surface area contributed by atoms with Crippen molar-refractivity contribution in [1.29, 1.82) is 0 Å². The zero-order valence-electron chi connectivity index (χ0n) is 23.0. The lowest BCUT2D eigenvalue weighted by Gasteiger charge is -2.41. The first-order valence-electron chi connectivity index (χ1n) is 14.9. The highest BCUT2D eigenvalue weighted by Crippen LogP contribution is 2.22. The van der Waals surface area contributed by atoms with Gasteiger partial charge in [-0.3, -0.25) is 0 Å². The van der Waals surface area contributed by atoms with Crippen LogP contribution in [0, 0.1) is 11.8 Å². The van der Waals surface area contributed by atoms with Crippen LogP contribution in [0.25, 0.3) is 0 Å². The van der Waals surface area contributed by atoms with Gasteiger partial charge in [-0.25, -0.2) is 0 Å². The molecule has 0 aliphatic carbocycles. The van der Waals surface area contributed by atoms with Crippen molar-refractivity contribution in [3.05, 3.63) is 0 Å². The van der Waals surface area contributed by atoms with E-state index in [9.17, 15) is 0 Å². The lowest BCUT2D eigenvalue weighted by atomic mass is 10.0. The zero-order valence-corrected chi connectivity index (χ0v) is 26.2. The highest BCUT2D eigenvalue weighted by Gasteiger charge is 2.30. The Morgan fingerprint density at radius 3 is 1.12 bits per heavy atom. The molecule has 202 valence electrons. The fourth-order valence-electron chi connectivity index (χ4n) is 6.19. The third-order valence-corrected chi connectivity index (χ3v) is 8.46. The molecule has 2 rings (SSSR count). The van der Waals surface area contributed by atoms with Crippen LogP contribution in [0.4, 0.5) is 0 Å². The summed E-state index contributed by atoms with van der Waals surface area (Å²) >= 11 is 0. The van der Waals surface area contributed by atoms with Crippen LogP contribution in [0.5, 0.6) is 0 Å². The molecular formula is C30H58Br2N2. The smallest absolute Gasteiger partial charge is 0.141 e. The van der Waals surface area contributed by atoms with Crippen molar-refractivity contribution < 1.29 is 42.9 Å². The van der Waals surface area contributed by atoms with Gasteiger partial charge in [0.25, 0.3) is 0 Å². The molecule has 2 heterocycles. The molecule has 0 radical (unpaired) electrons. The van der Waals surface area contributed by atoms with Crippen molar-refractivity contribution in [2.24, 2.45) is 0 Å². The number of likely N-dealkylation sites (tertiary alicyclic amines) is 2. The summed E-state index contributed by atoms with van der Waals surface area (Å²) < 4.78 is 2.64. The Hall–Kier alpha value is 0.440. The van der Waals surface area contributed by atoms with E-state index in [1.807, 2.05) is 0 Å². The van der Waals surface area contributed by atoms with E-state index >= 15 is 0 Å². The maximum Gasteiger partial charge on any atom is 0.141 e. The SMILES string of the molecule is CCCCCCCC[N+]1(CC#CC[N+]2(CCCCCCCC)CCCCC2)CCCCC1.[Br-].[Br-]. The molecule has 4 heteroatoms. The first-order valence-corrected chi connectivity index (χ1v) is 14.9. The number of hydrogen-bond acceptors (Lipinski definition) is 0. The van der Waals surface area contributed by atoms with Gasteiger partial charge in [0.2, 0.25) is 0 Å². The number of quaternary nitrogens is 2. The van der Waals surface area contributed by atoms with Crippen LogP contribution in [0.2, 0.25) is 0 Å². The Bertz CT molecular complexity index is 470. The molecule has 2 fully saturated rings.